The van der Waals surface area contributed by atoms with Gasteiger partial charge in [0.1, 0.15) is 5.60 Å². The molecule has 130 valence electrons. The van der Waals surface area contributed by atoms with Crippen LogP contribution >= 0.6 is 0 Å². The van der Waals surface area contributed by atoms with Crippen molar-refractivity contribution in [3.63, 3.8) is 0 Å². The zero-order valence-corrected chi connectivity index (χ0v) is 14.5. The first-order valence-corrected chi connectivity index (χ1v) is 7.37. The van der Waals surface area contributed by atoms with E-state index in [9.17, 15) is 9.59 Å². The zero-order valence-electron chi connectivity index (χ0n) is 14.5. The van der Waals surface area contributed by atoms with Gasteiger partial charge in [0.2, 0.25) is 0 Å². The Morgan fingerprint density at radius 3 is 2.54 bits per heavy atom. The van der Waals surface area contributed by atoms with Crippen LogP contribution in [0.25, 0.3) is 10.4 Å². The molecule has 1 aromatic carbocycles. The standard InChI is InChI=1S/C16H22N4O4/c1-10-12(8-18-9-14(21)24-16(2,3)4)6-11(15(22)23-5)7-13(10)19-20-17/h6-7,18H,8-9H2,1-5H3. The highest BCUT2D eigenvalue weighted by Crippen LogP contribution is 2.25. The molecule has 8 nitrogen and oxygen atoms in total. The highest BCUT2D eigenvalue weighted by Gasteiger charge is 2.16. The Bertz CT molecular complexity index is 673. The van der Waals surface area contributed by atoms with Crippen LogP contribution in [0, 0.1) is 6.92 Å². The smallest absolute Gasteiger partial charge is 0.337 e. The SMILES string of the molecule is COC(=O)c1cc(CNCC(=O)OC(C)(C)C)c(C)c(N=[N+]=[N-])c1. The van der Waals surface area contributed by atoms with Crippen LogP contribution in [0.5, 0.6) is 0 Å². The first-order valence-electron chi connectivity index (χ1n) is 7.37. The quantitative estimate of drug-likeness (QED) is 0.371. The number of azide groups is 1. The predicted molar refractivity (Wildman–Crippen MR) is 88.9 cm³/mol. The maximum Gasteiger partial charge on any atom is 0.337 e. The van der Waals surface area contributed by atoms with Crippen molar-refractivity contribution >= 4 is 17.6 Å². The molecule has 0 aliphatic rings. The van der Waals surface area contributed by atoms with Crippen LogP contribution in [-0.2, 0) is 20.8 Å². The molecule has 1 aromatic rings. The summed E-state index contributed by atoms with van der Waals surface area (Å²) in [6.45, 7) is 7.48. The summed E-state index contributed by atoms with van der Waals surface area (Å²) in [6, 6.07) is 3.11. The summed E-state index contributed by atoms with van der Waals surface area (Å²) in [7, 11) is 1.27. The van der Waals surface area contributed by atoms with Gasteiger partial charge in [-0.3, -0.25) is 4.79 Å². The Kier molecular flexibility index (Phi) is 6.76. The lowest BCUT2D eigenvalue weighted by Gasteiger charge is -2.19. The Morgan fingerprint density at radius 2 is 2.00 bits per heavy atom. The lowest BCUT2D eigenvalue weighted by atomic mass is 10.0. The van der Waals surface area contributed by atoms with Gasteiger partial charge < -0.3 is 14.8 Å². The first-order chi connectivity index (χ1) is 11.2. The van der Waals surface area contributed by atoms with Crippen LogP contribution in [-0.4, -0.2) is 31.2 Å². The molecule has 0 radical (unpaired) electrons. The Labute approximate surface area is 140 Å². The summed E-state index contributed by atoms with van der Waals surface area (Å²) < 4.78 is 9.90. The molecular formula is C16H22N4O4. The molecule has 0 saturated carbocycles. The van der Waals surface area contributed by atoms with Gasteiger partial charge in [-0.1, -0.05) is 5.11 Å². The lowest BCUT2D eigenvalue weighted by molar-refractivity contribution is -0.153. The summed E-state index contributed by atoms with van der Waals surface area (Å²) in [5.41, 5.74) is 10.2. The number of nitrogens with one attached hydrogen (secondary N) is 1. The molecule has 0 amide bonds. The molecule has 0 saturated heterocycles. The Hall–Kier alpha value is -2.57. The molecule has 0 unspecified atom stereocenters. The van der Waals surface area contributed by atoms with E-state index in [0.717, 1.165) is 11.1 Å². The van der Waals surface area contributed by atoms with E-state index in [2.05, 4.69) is 15.3 Å². The van der Waals surface area contributed by atoms with Crippen molar-refractivity contribution in [3.05, 3.63) is 39.3 Å². The molecular weight excluding hydrogens is 312 g/mol. The molecule has 8 heteroatoms. The third-order valence-corrected chi connectivity index (χ3v) is 3.07. The van der Waals surface area contributed by atoms with Gasteiger partial charge in [-0.15, -0.1) is 0 Å². The number of methoxy groups -OCH3 is 1. The molecule has 0 heterocycles. The van der Waals surface area contributed by atoms with E-state index in [1.807, 2.05) is 0 Å². The van der Waals surface area contributed by atoms with Crippen molar-refractivity contribution < 1.29 is 19.1 Å². The number of carbonyl (C=O) groups excluding carboxylic acids is 2. The zero-order chi connectivity index (χ0) is 18.3. The van der Waals surface area contributed by atoms with Crippen molar-refractivity contribution in [1.82, 2.24) is 5.32 Å². The average molecular weight is 334 g/mol. The van der Waals surface area contributed by atoms with Crippen LogP contribution < -0.4 is 5.32 Å². The van der Waals surface area contributed by atoms with Crippen LogP contribution in [0.4, 0.5) is 5.69 Å². The van der Waals surface area contributed by atoms with Crippen molar-refractivity contribution in [3.8, 4) is 0 Å². The molecule has 0 aliphatic heterocycles. The summed E-state index contributed by atoms with van der Waals surface area (Å²) in [4.78, 5) is 26.2. The van der Waals surface area contributed by atoms with E-state index in [4.69, 9.17) is 15.0 Å². The second-order valence-electron chi connectivity index (χ2n) is 6.15. The molecule has 0 atom stereocenters. The topological polar surface area (TPSA) is 113 Å². The number of rotatable bonds is 6. The Balaban J connectivity index is 2.90. The molecule has 24 heavy (non-hydrogen) atoms. The second-order valence-corrected chi connectivity index (χ2v) is 6.15. The average Bonchev–Trinajstić information content (AvgIpc) is 2.48. The summed E-state index contributed by atoms with van der Waals surface area (Å²) in [5.74, 6) is -0.905. The summed E-state index contributed by atoms with van der Waals surface area (Å²) >= 11 is 0. The van der Waals surface area contributed by atoms with E-state index in [0.29, 0.717) is 12.2 Å². The molecule has 1 rings (SSSR count). The fourth-order valence-electron chi connectivity index (χ4n) is 2.01. The first kappa shape index (κ1) is 19.5. The number of carbonyl (C=O) groups is 2. The van der Waals surface area contributed by atoms with Crippen molar-refractivity contribution in [2.75, 3.05) is 13.7 Å². The van der Waals surface area contributed by atoms with E-state index in [1.165, 1.54) is 13.2 Å². The van der Waals surface area contributed by atoms with E-state index < -0.39 is 11.6 Å². The van der Waals surface area contributed by atoms with E-state index in [-0.39, 0.29) is 18.1 Å². The predicted octanol–water partition coefficient (Wildman–Crippen LogP) is 3.15. The van der Waals surface area contributed by atoms with Crippen LogP contribution in [0.3, 0.4) is 0 Å². The number of hydrogen-bond acceptors (Lipinski definition) is 6. The number of ether oxygens (including phenoxy) is 2. The maximum absolute atomic E-state index is 11.7. The molecule has 1 N–H and O–H groups in total. The molecule has 0 aliphatic carbocycles. The number of hydrogen-bond donors (Lipinski definition) is 1. The maximum atomic E-state index is 11.7. The van der Waals surface area contributed by atoms with Crippen LogP contribution in [0.1, 0.15) is 42.3 Å². The minimum absolute atomic E-state index is 0.0238. The van der Waals surface area contributed by atoms with Gasteiger partial charge in [0, 0.05) is 17.1 Å². The minimum Gasteiger partial charge on any atom is -0.465 e. The molecule has 0 aromatic heterocycles. The molecule has 0 fully saturated rings. The highest BCUT2D eigenvalue weighted by atomic mass is 16.6. The van der Waals surface area contributed by atoms with E-state index >= 15 is 0 Å². The van der Waals surface area contributed by atoms with Crippen molar-refractivity contribution in [2.45, 2.75) is 39.8 Å². The fourth-order valence-corrected chi connectivity index (χ4v) is 2.01. The monoisotopic (exact) mass is 334 g/mol. The van der Waals surface area contributed by atoms with Crippen molar-refractivity contribution in [2.24, 2.45) is 5.11 Å². The van der Waals surface area contributed by atoms with E-state index in [1.54, 1.807) is 33.8 Å². The fraction of sp³-hybridized carbons (Fsp3) is 0.500. The van der Waals surface area contributed by atoms with Gasteiger partial charge in [0.05, 0.1) is 19.2 Å². The Morgan fingerprint density at radius 1 is 1.33 bits per heavy atom. The summed E-state index contributed by atoms with van der Waals surface area (Å²) in [5, 5.41) is 6.55. The van der Waals surface area contributed by atoms with Gasteiger partial charge in [-0.25, -0.2) is 4.79 Å². The summed E-state index contributed by atoms with van der Waals surface area (Å²) in [6.07, 6.45) is 0. The molecule has 0 bridgehead atoms. The lowest BCUT2D eigenvalue weighted by Crippen LogP contribution is -2.31. The highest BCUT2D eigenvalue weighted by molar-refractivity contribution is 5.91. The third kappa shape index (κ3) is 5.91. The van der Waals surface area contributed by atoms with Gasteiger partial charge in [-0.2, -0.15) is 0 Å². The van der Waals surface area contributed by atoms with Crippen molar-refractivity contribution in [1.29, 1.82) is 0 Å². The minimum atomic E-state index is -0.547. The third-order valence-electron chi connectivity index (χ3n) is 3.07. The normalized spacial score (nSPS) is 10.7. The number of benzene rings is 1. The van der Waals surface area contributed by atoms with Gasteiger partial charge in [-0.05, 0) is 56.5 Å². The van der Waals surface area contributed by atoms with Crippen LogP contribution in [0.15, 0.2) is 17.2 Å². The van der Waals surface area contributed by atoms with Crippen LogP contribution in [0.2, 0.25) is 0 Å². The van der Waals surface area contributed by atoms with Gasteiger partial charge >= 0.3 is 11.9 Å². The van der Waals surface area contributed by atoms with Gasteiger partial charge in [0.25, 0.3) is 0 Å². The number of nitrogens with zero attached hydrogens (tertiary/aromatic N) is 3. The number of esters is 2. The van der Waals surface area contributed by atoms with Gasteiger partial charge in [0.15, 0.2) is 0 Å². The largest absolute Gasteiger partial charge is 0.465 e. The molecule has 0 spiro atoms. The second kappa shape index (κ2) is 8.33.